The first-order valence-corrected chi connectivity index (χ1v) is 13.2. The maximum atomic E-state index is 13.6. The Labute approximate surface area is 208 Å². The number of piperidine rings is 1. The van der Waals surface area contributed by atoms with Crippen LogP contribution in [0.2, 0.25) is 0 Å². The summed E-state index contributed by atoms with van der Waals surface area (Å²) in [6.07, 6.45) is 10.7. The van der Waals surface area contributed by atoms with Crippen LogP contribution in [0.5, 0.6) is 0 Å². The third kappa shape index (κ3) is 4.67. The summed E-state index contributed by atoms with van der Waals surface area (Å²) in [6.45, 7) is 9.69. The third-order valence-electron chi connectivity index (χ3n) is 8.84. The smallest absolute Gasteiger partial charge is 0.314 e. The monoisotopic (exact) mass is 476 g/mol. The zero-order valence-corrected chi connectivity index (χ0v) is 21.1. The number of aromatic nitrogens is 1. The Morgan fingerprint density at radius 1 is 1.11 bits per heavy atom. The average Bonchev–Trinajstić information content (AvgIpc) is 3.09. The van der Waals surface area contributed by atoms with Gasteiger partial charge in [0.05, 0.1) is 11.1 Å². The fourth-order valence-electron chi connectivity index (χ4n) is 6.91. The molecule has 0 bridgehead atoms. The number of allylic oxidation sites excluding steroid dienone is 1. The van der Waals surface area contributed by atoms with Gasteiger partial charge in [-0.1, -0.05) is 44.5 Å². The minimum Gasteiger partial charge on any atom is -0.462 e. The maximum absolute atomic E-state index is 13.6. The lowest BCUT2D eigenvalue weighted by atomic mass is 9.54. The Hall–Kier alpha value is -2.53. The molecular weight excluding hydrogens is 439 g/mol. The molecule has 2 aromatic rings. The molecule has 5 rings (SSSR count). The van der Waals surface area contributed by atoms with Crippen LogP contribution in [0, 0.1) is 34.9 Å². The molecule has 2 saturated heterocycles. The van der Waals surface area contributed by atoms with Crippen molar-refractivity contribution in [2.75, 3.05) is 19.6 Å². The van der Waals surface area contributed by atoms with Crippen LogP contribution >= 0.6 is 0 Å². The number of hydrogen-bond donors (Lipinski definition) is 0. The van der Waals surface area contributed by atoms with Gasteiger partial charge in [0.2, 0.25) is 0 Å². The van der Waals surface area contributed by atoms with Crippen LogP contribution in [-0.2, 0) is 9.53 Å². The van der Waals surface area contributed by atoms with Crippen molar-refractivity contribution in [2.24, 2.45) is 29.1 Å². The second-order valence-electron chi connectivity index (χ2n) is 11.1. The minimum atomic E-state index is -0.424. The molecule has 0 radical (unpaired) electrons. The van der Waals surface area contributed by atoms with Gasteiger partial charge in [0.15, 0.2) is 0 Å². The molecular formula is C30H37FN2O2. The molecule has 186 valence electrons. The van der Waals surface area contributed by atoms with Crippen molar-refractivity contribution < 1.29 is 13.9 Å². The molecule has 1 aromatic carbocycles. The SMILES string of the molecule is CC1C[C@@]2(CN3CCCCC3)C(=O)O[C@H](C)[C@H]2C(/C=C/c2ccc(-c3cccc(F)c3)cn2)C1C. The van der Waals surface area contributed by atoms with E-state index < -0.39 is 5.41 Å². The molecule has 0 amide bonds. The van der Waals surface area contributed by atoms with Crippen LogP contribution in [0.25, 0.3) is 17.2 Å². The van der Waals surface area contributed by atoms with Crippen LogP contribution in [-0.4, -0.2) is 41.6 Å². The molecule has 2 aliphatic heterocycles. The summed E-state index contributed by atoms with van der Waals surface area (Å²) >= 11 is 0. The number of carbonyl (C=O) groups is 1. The zero-order chi connectivity index (χ0) is 24.6. The molecule has 3 fully saturated rings. The van der Waals surface area contributed by atoms with E-state index in [1.165, 1.54) is 31.4 Å². The average molecular weight is 477 g/mol. The Kier molecular flexibility index (Phi) is 6.80. The number of hydrogen-bond acceptors (Lipinski definition) is 4. The van der Waals surface area contributed by atoms with Crippen molar-refractivity contribution >= 4 is 12.0 Å². The maximum Gasteiger partial charge on any atom is 0.314 e. The highest BCUT2D eigenvalue weighted by Gasteiger charge is 2.62. The van der Waals surface area contributed by atoms with Crippen LogP contribution in [0.15, 0.2) is 48.7 Å². The number of esters is 1. The first-order chi connectivity index (χ1) is 16.9. The van der Waals surface area contributed by atoms with Crippen molar-refractivity contribution in [3.8, 4) is 11.1 Å². The lowest BCUT2D eigenvalue weighted by Crippen LogP contribution is -2.54. The van der Waals surface area contributed by atoms with Gasteiger partial charge in [-0.2, -0.15) is 0 Å². The Morgan fingerprint density at radius 2 is 1.91 bits per heavy atom. The number of fused-ring (bicyclic) bond motifs is 1. The third-order valence-corrected chi connectivity index (χ3v) is 8.84. The van der Waals surface area contributed by atoms with Gasteiger partial charge in [-0.3, -0.25) is 9.78 Å². The summed E-state index contributed by atoms with van der Waals surface area (Å²) in [5, 5.41) is 0. The molecule has 5 heteroatoms. The molecule has 3 unspecified atom stereocenters. The summed E-state index contributed by atoms with van der Waals surface area (Å²) in [4.78, 5) is 20.5. The van der Waals surface area contributed by atoms with Crippen LogP contribution in [0.1, 0.15) is 52.1 Å². The number of benzene rings is 1. The van der Waals surface area contributed by atoms with Crippen molar-refractivity contribution in [2.45, 2.75) is 52.6 Å². The van der Waals surface area contributed by atoms with E-state index in [-0.39, 0.29) is 29.7 Å². The second-order valence-corrected chi connectivity index (χ2v) is 11.1. The van der Waals surface area contributed by atoms with Crippen LogP contribution in [0.3, 0.4) is 0 Å². The summed E-state index contributed by atoms with van der Waals surface area (Å²) in [5.74, 6) is 1.07. The van der Waals surface area contributed by atoms with E-state index in [9.17, 15) is 9.18 Å². The lowest BCUT2D eigenvalue weighted by molar-refractivity contribution is -0.152. The standard InChI is InChI=1S/C30H37FN2O2/c1-20-17-30(19-33-14-5-4-6-15-33)28(22(3)35-29(30)34)27(21(20)2)13-12-26-11-10-24(18-32-26)23-8-7-9-25(31)16-23/h7-13,16,18,20-22,27-28H,4-6,14-15,17,19H2,1-3H3/b13-12+/t20?,21?,22-,27?,28+,30+/m1/s1. The molecule has 3 heterocycles. The number of ether oxygens (including phenoxy) is 1. The molecule has 1 aliphatic carbocycles. The number of rotatable bonds is 5. The highest BCUT2D eigenvalue weighted by atomic mass is 19.1. The van der Waals surface area contributed by atoms with Gasteiger partial charge in [-0.05, 0) is 86.9 Å². The number of likely N-dealkylation sites (tertiary alicyclic amines) is 1. The number of carbonyl (C=O) groups excluding carboxylic acids is 1. The van der Waals surface area contributed by atoms with Gasteiger partial charge < -0.3 is 9.64 Å². The number of halogens is 1. The predicted octanol–water partition coefficient (Wildman–Crippen LogP) is 6.23. The predicted molar refractivity (Wildman–Crippen MR) is 137 cm³/mol. The van der Waals surface area contributed by atoms with Gasteiger partial charge in [0.25, 0.3) is 0 Å². The van der Waals surface area contributed by atoms with E-state index in [1.807, 2.05) is 18.2 Å². The highest BCUT2D eigenvalue weighted by molar-refractivity contribution is 5.80. The van der Waals surface area contributed by atoms with Gasteiger partial charge in [0, 0.05) is 24.2 Å². The summed E-state index contributed by atoms with van der Waals surface area (Å²) in [7, 11) is 0. The van der Waals surface area contributed by atoms with Crippen LogP contribution in [0.4, 0.5) is 4.39 Å². The number of cyclic esters (lactones) is 1. The Bertz CT molecular complexity index is 1080. The van der Waals surface area contributed by atoms with Gasteiger partial charge in [-0.15, -0.1) is 0 Å². The molecule has 0 spiro atoms. The van der Waals surface area contributed by atoms with E-state index in [0.717, 1.165) is 42.9 Å². The van der Waals surface area contributed by atoms with Crippen molar-refractivity contribution in [1.82, 2.24) is 9.88 Å². The summed E-state index contributed by atoms with van der Waals surface area (Å²) < 4.78 is 19.6. The second kappa shape index (κ2) is 9.85. The van der Waals surface area contributed by atoms with Crippen LogP contribution < -0.4 is 0 Å². The normalized spacial score (nSPS) is 33.6. The van der Waals surface area contributed by atoms with Crippen molar-refractivity contribution in [1.29, 1.82) is 0 Å². The van der Waals surface area contributed by atoms with Crippen molar-refractivity contribution in [3.63, 3.8) is 0 Å². The van der Waals surface area contributed by atoms with E-state index in [4.69, 9.17) is 4.74 Å². The fraction of sp³-hybridized carbons (Fsp3) is 0.533. The number of pyridine rings is 1. The largest absolute Gasteiger partial charge is 0.462 e. The molecule has 6 atom stereocenters. The first-order valence-electron chi connectivity index (χ1n) is 13.2. The van der Waals surface area contributed by atoms with Gasteiger partial charge >= 0.3 is 5.97 Å². The molecule has 35 heavy (non-hydrogen) atoms. The molecule has 1 aromatic heterocycles. The molecule has 4 nitrogen and oxygen atoms in total. The fourth-order valence-corrected chi connectivity index (χ4v) is 6.91. The quantitative estimate of drug-likeness (QED) is 0.480. The lowest BCUT2D eigenvalue weighted by Gasteiger charge is -2.49. The molecule has 0 N–H and O–H groups in total. The Balaban J connectivity index is 1.40. The highest BCUT2D eigenvalue weighted by Crippen LogP contribution is 2.56. The van der Waals surface area contributed by atoms with Gasteiger partial charge in [0.1, 0.15) is 11.9 Å². The van der Waals surface area contributed by atoms with E-state index >= 15 is 0 Å². The minimum absolute atomic E-state index is 0.00953. The summed E-state index contributed by atoms with van der Waals surface area (Å²) in [6, 6.07) is 10.5. The molecule has 3 aliphatic rings. The number of nitrogens with zero attached hydrogens (tertiary/aromatic N) is 2. The van der Waals surface area contributed by atoms with Gasteiger partial charge in [-0.25, -0.2) is 4.39 Å². The zero-order valence-electron chi connectivity index (χ0n) is 21.1. The topological polar surface area (TPSA) is 42.4 Å². The van der Waals surface area contributed by atoms with E-state index in [0.29, 0.717) is 11.8 Å². The summed E-state index contributed by atoms with van der Waals surface area (Å²) in [5.41, 5.74) is 2.16. The Morgan fingerprint density at radius 3 is 2.63 bits per heavy atom. The molecule has 1 saturated carbocycles. The van der Waals surface area contributed by atoms with E-state index in [2.05, 4.69) is 42.8 Å². The van der Waals surface area contributed by atoms with E-state index in [1.54, 1.807) is 12.3 Å². The first kappa shape index (κ1) is 24.2. The van der Waals surface area contributed by atoms with Crippen molar-refractivity contribution in [3.05, 3.63) is 60.2 Å².